The molecule has 0 aliphatic carbocycles. The van der Waals surface area contributed by atoms with E-state index in [9.17, 15) is 4.79 Å². The molecule has 0 atom stereocenters. The maximum atomic E-state index is 13.1. The van der Waals surface area contributed by atoms with E-state index in [1.165, 1.54) is 0 Å². The number of piperazine rings is 1. The molecule has 0 unspecified atom stereocenters. The van der Waals surface area contributed by atoms with E-state index < -0.39 is 0 Å². The van der Waals surface area contributed by atoms with Gasteiger partial charge in [0, 0.05) is 44.3 Å². The lowest BCUT2D eigenvalue weighted by molar-refractivity contribution is 0.0745. The molecule has 0 bridgehead atoms. The summed E-state index contributed by atoms with van der Waals surface area (Å²) in [7, 11) is 0. The minimum absolute atomic E-state index is 0.0726. The Morgan fingerprint density at radius 1 is 0.963 bits per heavy atom. The van der Waals surface area contributed by atoms with Crippen molar-refractivity contribution in [3.63, 3.8) is 0 Å². The van der Waals surface area contributed by atoms with Crippen LogP contribution in [0.3, 0.4) is 0 Å². The second-order valence-electron chi connectivity index (χ2n) is 6.59. The Morgan fingerprint density at radius 2 is 1.67 bits per heavy atom. The fourth-order valence-corrected chi connectivity index (χ4v) is 3.58. The minimum Gasteiger partial charge on any atom is -0.368 e. The van der Waals surface area contributed by atoms with E-state index >= 15 is 0 Å². The summed E-state index contributed by atoms with van der Waals surface area (Å²) in [5.74, 6) is 0.0726. The maximum Gasteiger partial charge on any atom is 0.257 e. The smallest absolute Gasteiger partial charge is 0.257 e. The van der Waals surface area contributed by atoms with Crippen molar-refractivity contribution in [1.29, 1.82) is 0 Å². The molecular formula is C21H23N5O. The van der Waals surface area contributed by atoms with Crippen molar-refractivity contribution in [1.82, 2.24) is 19.7 Å². The van der Waals surface area contributed by atoms with E-state index in [1.807, 2.05) is 52.0 Å². The molecule has 3 aromatic rings. The fraction of sp³-hybridized carbons (Fsp3) is 0.286. The molecule has 0 spiro atoms. The van der Waals surface area contributed by atoms with Gasteiger partial charge in [-0.1, -0.05) is 25.1 Å². The molecule has 1 aliphatic heterocycles. The highest BCUT2D eigenvalue weighted by Crippen LogP contribution is 2.20. The summed E-state index contributed by atoms with van der Waals surface area (Å²) in [5, 5.41) is 4.49. The van der Waals surface area contributed by atoms with Gasteiger partial charge in [0.05, 0.1) is 23.1 Å². The second kappa shape index (κ2) is 7.61. The van der Waals surface area contributed by atoms with E-state index in [4.69, 9.17) is 0 Å². The van der Waals surface area contributed by atoms with E-state index in [2.05, 4.69) is 21.9 Å². The lowest BCUT2D eigenvalue weighted by Gasteiger charge is -2.36. The van der Waals surface area contributed by atoms with Crippen LogP contribution in [0.1, 0.15) is 23.0 Å². The highest BCUT2D eigenvalue weighted by molar-refractivity contribution is 5.95. The van der Waals surface area contributed by atoms with Crippen molar-refractivity contribution < 1.29 is 4.79 Å². The van der Waals surface area contributed by atoms with Crippen LogP contribution in [0, 0.1) is 0 Å². The Kier molecular flexibility index (Phi) is 4.87. The van der Waals surface area contributed by atoms with Crippen LogP contribution in [0.25, 0.3) is 5.69 Å². The van der Waals surface area contributed by atoms with Gasteiger partial charge in [0.2, 0.25) is 0 Å². The van der Waals surface area contributed by atoms with Crippen LogP contribution in [0.4, 0.5) is 5.69 Å². The largest absolute Gasteiger partial charge is 0.368 e. The quantitative estimate of drug-likeness (QED) is 0.717. The average Bonchev–Trinajstić information content (AvgIpc) is 3.19. The van der Waals surface area contributed by atoms with Crippen molar-refractivity contribution in [3.05, 3.63) is 72.3 Å². The number of carbonyl (C=O) groups excluding carboxylic acids is 1. The van der Waals surface area contributed by atoms with Gasteiger partial charge in [-0.25, -0.2) is 4.68 Å². The molecule has 2 aromatic heterocycles. The molecule has 0 saturated carbocycles. The predicted octanol–water partition coefficient (Wildman–Crippen LogP) is 2.79. The molecular weight excluding hydrogens is 338 g/mol. The summed E-state index contributed by atoms with van der Waals surface area (Å²) in [6.07, 6.45) is 6.08. The molecule has 0 N–H and O–H groups in total. The lowest BCUT2D eigenvalue weighted by atomic mass is 10.1. The molecule has 1 amide bonds. The predicted molar refractivity (Wildman–Crippen MR) is 105 cm³/mol. The van der Waals surface area contributed by atoms with E-state index in [1.54, 1.807) is 18.6 Å². The highest BCUT2D eigenvalue weighted by atomic mass is 16.2. The Bertz CT molecular complexity index is 899. The molecule has 6 heteroatoms. The van der Waals surface area contributed by atoms with Gasteiger partial charge < -0.3 is 9.80 Å². The number of benzene rings is 1. The normalized spacial score (nSPS) is 14.4. The summed E-state index contributed by atoms with van der Waals surface area (Å²) in [4.78, 5) is 21.4. The van der Waals surface area contributed by atoms with Crippen molar-refractivity contribution >= 4 is 11.6 Å². The minimum atomic E-state index is 0.0726. The Balaban J connectivity index is 1.50. The fourth-order valence-electron chi connectivity index (χ4n) is 3.58. The lowest BCUT2D eigenvalue weighted by Crippen LogP contribution is -2.48. The molecule has 1 aliphatic rings. The number of para-hydroxylation sites is 1. The number of carbonyl (C=O) groups is 1. The Morgan fingerprint density at radius 3 is 2.33 bits per heavy atom. The summed E-state index contributed by atoms with van der Waals surface area (Å²) < 4.78 is 1.88. The van der Waals surface area contributed by atoms with Crippen LogP contribution in [-0.4, -0.2) is 51.8 Å². The SMILES string of the molecule is CCc1c(C(=O)N2CCN(c3ccncc3)CC2)cnn1-c1ccccc1. The van der Waals surface area contributed by atoms with Crippen LogP contribution in [-0.2, 0) is 6.42 Å². The van der Waals surface area contributed by atoms with E-state index in [0.717, 1.165) is 36.6 Å². The number of rotatable bonds is 4. The van der Waals surface area contributed by atoms with Gasteiger partial charge in [0.15, 0.2) is 0 Å². The van der Waals surface area contributed by atoms with Gasteiger partial charge in [-0.05, 0) is 30.7 Å². The summed E-state index contributed by atoms with van der Waals surface area (Å²) in [6.45, 7) is 5.13. The maximum absolute atomic E-state index is 13.1. The third-order valence-corrected chi connectivity index (χ3v) is 5.03. The Hall–Kier alpha value is -3.15. The number of aromatic nitrogens is 3. The zero-order valence-electron chi connectivity index (χ0n) is 15.5. The Labute approximate surface area is 159 Å². The van der Waals surface area contributed by atoms with E-state index in [-0.39, 0.29) is 5.91 Å². The number of pyridine rings is 1. The molecule has 6 nitrogen and oxygen atoms in total. The summed E-state index contributed by atoms with van der Waals surface area (Å²) in [5.41, 5.74) is 3.81. The van der Waals surface area contributed by atoms with Crippen LogP contribution in [0.2, 0.25) is 0 Å². The van der Waals surface area contributed by atoms with Gasteiger partial charge in [0.1, 0.15) is 0 Å². The van der Waals surface area contributed by atoms with Crippen molar-refractivity contribution in [2.24, 2.45) is 0 Å². The van der Waals surface area contributed by atoms with Gasteiger partial charge >= 0.3 is 0 Å². The number of amides is 1. The number of hydrogen-bond donors (Lipinski definition) is 0. The standard InChI is InChI=1S/C21H23N5O/c1-2-20-19(16-23-26(20)18-6-4-3-5-7-18)21(27)25-14-12-24(13-15-25)17-8-10-22-11-9-17/h3-11,16H,2,12-15H2,1H3. The molecule has 4 rings (SSSR count). The second-order valence-corrected chi connectivity index (χ2v) is 6.59. The van der Waals surface area contributed by atoms with Crippen LogP contribution < -0.4 is 4.90 Å². The molecule has 138 valence electrons. The van der Waals surface area contributed by atoms with Crippen LogP contribution >= 0.6 is 0 Å². The number of hydrogen-bond acceptors (Lipinski definition) is 4. The van der Waals surface area contributed by atoms with E-state index in [0.29, 0.717) is 18.7 Å². The summed E-state index contributed by atoms with van der Waals surface area (Å²) in [6, 6.07) is 14.0. The van der Waals surface area contributed by atoms with Gasteiger partial charge in [-0.2, -0.15) is 5.10 Å². The van der Waals surface area contributed by atoms with Gasteiger partial charge in [-0.3, -0.25) is 9.78 Å². The third-order valence-electron chi connectivity index (χ3n) is 5.03. The van der Waals surface area contributed by atoms with Crippen molar-refractivity contribution in [2.45, 2.75) is 13.3 Å². The molecule has 1 saturated heterocycles. The first-order chi connectivity index (χ1) is 13.3. The van der Waals surface area contributed by atoms with Crippen molar-refractivity contribution in [2.75, 3.05) is 31.1 Å². The molecule has 27 heavy (non-hydrogen) atoms. The molecule has 1 aromatic carbocycles. The average molecular weight is 361 g/mol. The third kappa shape index (κ3) is 3.43. The number of anilines is 1. The first kappa shape index (κ1) is 17.3. The zero-order valence-corrected chi connectivity index (χ0v) is 15.5. The highest BCUT2D eigenvalue weighted by Gasteiger charge is 2.26. The van der Waals surface area contributed by atoms with Crippen molar-refractivity contribution in [3.8, 4) is 5.69 Å². The van der Waals surface area contributed by atoms with Crippen LogP contribution in [0.5, 0.6) is 0 Å². The van der Waals surface area contributed by atoms with Gasteiger partial charge in [0.25, 0.3) is 5.91 Å². The topological polar surface area (TPSA) is 54.3 Å². The first-order valence-electron chi connectivity index (χ1n) is 9.34. The molecule has 0 radical (unpaired) electrons. The van der Waals surface area contributed by atoms with Crippen LogP contribution in [0.15, 0.2) is 61.1 Å². The molecule has 1 fully saturated rings. The first-order valence-corrected chi connectivity index (χ1v) is 9.34. The molecule has 3 heterocycles. The monoisotopic (exact) mass is 361 g/mol. The van der Waals surface area contributed by atoms with Gasteiger partial charge in [-0.15, -0.1) is 0 Å². The number of nitrogens with zero attached hydrogens (tertiary/aromatic N) is 5. The zero-order chi connectivity index (χ0) is 18.6. The summed E-state index contributed by atoms with van der Waals surface area (Å²) >= 11 is 0.